The molecule has 1 N–H and O–H groups in total. The number of carboxylic acids is 1. The van der Waals surface area contributed by atoms with Crippen LogP contribution in [0.1, 0.15) is 23.1 Å². The van der Waals surface area contributed by atoms with Gasteiger partial charge in [-0.3, -0.25) is 0 Å². The Labute approximate surface area is 107 Å². The van der Waals surface area contributed by atoms with E-state index in [1.807, 2.05) is 26.0 Å². The van der Waals surface area contributed by atoms with Crippen LogP contribution in [0.2, 0.25) is 0 Å². The maximum absolute atomic E-state index is 10.5. The predicted molar refractivity (Wildman–Crippen MR) is 71.5 cm³/mol. The number of carbonyl (C=O) groups is 1. The van der Waals surface area contributed by atoms with Gasteiger partial charge in [0, 0.05) is 12.5 Å². The molecule has 0 saturated heterocycles. The zero-order chi connectivity index (χ0) is 13.5. The van der Waals surface area contributed by atoms with Gasteiger partial charge in [-0.2, -0.15) is 0 Å². The standard InChI is InChI=1S/C15H16O3/c1-4-5-8-18-15-11(2)9-13(10-12(15)3)6-7-14(16)17/h1,6-7,9-10H,5,8H2,2-3H3,(H,16,17)/b7-6+. The van der Waals surface area contributed by atoms with Crippen LogP contribution in [0, 0.1) is 26.2 Å². The summed E-state index contributed by atoms with van der Waals surface area (Å²) in [7, 11) is 0. The van der Waals surface area contributed by atoms with Gasteiger partial charge in [-0.15, -0.1) is 12.3 Å². The van der Waals surface area contributed by atoms with Crippen LogP contribution in [-0.4, -0.2) is 17.7 Å². The van der Waals surface area contributed by atoms with Crippen molar-refractivity contribution in [1.29, 1.82) is 0 Å². The lowest BCUT2D eigenvalue weighted by atomic mass is 10.1. The van der Waals surface area contributed by atoms with E-state index in [9.17, 15) is 4.79 Å². The fraction of sp³-hybridized carbons (Fsp3) is 0.267. The van der Waals surface area contributed by atoms with Crippen molar-refractivity contribution in [2.24, 2.45) is 0 Å². The molecule has 3 heteroatoms. The lowest BCUT2D eigenvalue weighted by Gasteiger charge is -2.12. The molecule has 0 atom stereocenters. The molecule has 0 spiro atoms. The summed E-state index contributed by atoms with van der Waals surface area (Å²) in [6.07, 6.45) is 8.42. The Morgan fingerprint density at radius 1 is 1.44 bits per heavy atom. The number of hydrogen-bond donors (Lipinski definition) is 1. The average Bonchev–Trinajstić information content (AvgIpc) is 2.30. The molecule has 0 unspecified atom stereocenters. The number of aryl methyl sites for hydroxylation is 2. The Morgan fingerprint density at radius 2 is 2.06 bits per heavy atom. The van der Waals surface area contributed by atoms with Crippen molar-refractivity contribution in [3.63, 3.8) is 0 Å². The van der Waals surface area contributed by atoms with Crippen molar-refractivity contribution >= 4 is 12.0 Å². The molecule has 0 aliphatic carbocycles. The number of hydrogen-bond acceptors (Lipinski definition) is 2. The molecule has 0 saturated carbocycles. The number of rotatable bonds is 5. The third-order valence-electron chi connectivity index (χ3n) is 2.39. The summed E-state index contributed by atoms with van der Waals surface area (Å²) in [6, 6.07) is 3.77. The number of carboxylic acid groups (broad SMARTS) is 1. The molecule has 0 amide bonds. The summed E-state index contributed by atoms with van der Waals surface area (Å²) in [5, 5.41) is 8.58. The maximum Gasteiger partial charge on any atom is 0.328 e. The van der Waals surface area contributed by atoms with Gasteiger partial charge in [0.05, 0.1) is 6.61 Å². The van der Waals surface area contributed by atoms with Gasteiger partial charge in [0.25, 0.3) is 0 Å². The highest BCUT2D eigenvalue weighted by atomic mass is 16.5. The van der Waals surface area contributed by atoms with Gasteiger partial charge in [0.15, 0.2) is 0 Å². The molecule has 3 nitrogen and oxygen atoms in total. The predicted octanol–water partition coefficient (Wildman–Crippen LogP) is 2.80. The molecule has 18 heavy (non-hydrogen) atoms. The number of aliphatic carboxylic acids is 1. The second kappa shape index (κ2) is 6.51. The van der Waals surface area contributed by atoms with Crippen molar-refractivity contribution in [2.45, 2.75) is 20.3 Å². The molecule has 94 valence electrons. The highest BCUT2D eigenvalue weighted by molar-refractivity contribution is 5.85. The third-order valence-corrected chi connectivity index (χ3v) is 2.39. The third kappa shape index (κ3) is 3.99. The van der Waals surface area contributed by atoms with Crippen LogP contribution in [0.25, 0.3) is 6.08 Å². The maximum atomic E-state index is 10.5. The average molecular weight is 244 g/mol. The summed E-state index contributed by atoms with van der Waals surface area (Å²) in [6.45, 7) is 4.34. The van der Waals surface area contributed by atoms with Crippen LogP contribution in [0.15, 0.2) is 18.2 Å². The molecule has 0 fully saturated rings. The zero-order valence-electron chi connectivity index (χ0n) is 10.6. The molecular weight excluding hydrogens is 228 g/mol. The molecule has 0 radical (unpaired) electrons. The summed E-state index contributed by atoms with van der Waals surface area (Å²) in [4.78, 5) is 10.5. The van der Waals surface area contributed by atoms with E-state index in [4.69, 9.17) is 16.3 Å². The minimum absolute atomic E-state index is 0.489. The van der Waals surface area contributed by atoms with E-state index >= 15 is 0 Å². The first-order chi connectivity index (χ1) is 8.54. The lowest BCUT2D eigenvalue weighted by Crippen LogP contribution is -2.00. The normalized spacial score (nSPS) is 10.3. The summed E-state index contributed by atoms with van der Waals surface area (Å²) < 4.78 is 5.61. The van der Waals surface area contributed by atoms with Crippen molar-refractivity contribution in [3.05, 3.63) is 34.9 Å². The number of benzene rings is 1. The van der Waals surface area contributed by atoms with E-state index < -0.39 is 5.97 Å². The molecule has 0 aliphatic rings. The van der Waals surface area contributed by atoms with E-state index in [0.717, 1.165) is 28.5 Å². The molecule has 0 bridgehead atoms. The van der Waals surface area contributed by atoms with E-state index in [-0.39, 0.29) is 0 Å². The minimum atomic E-state index is -0.959. The van der Waals surface area contributed by atoms with Gasteiger partial charge in [-0.05, 0) is 48.7 Å². The van der Waals surface area contributed by atoms with Gasteiger partial charge in [-0.25, -0.2) is 4.79 Å². The van der Waals surface area contributed by atoms with Gasteiger partial charge >= 0.3 is 5.97 Å². The van der Waals surface area contributed by atoms with Crippen LogP contribution >= 0.6 is 0 Å². The van der Waals surface area contributed by atoms with Crippen molar-refractivity contribution in [1.82, 2.24) is 0 Å². The second-order valence-electron chi connectivity index (χ2n) is 3.96. The van der Waals surface area contributed by atoms with E-state index in [1.54, 1.807) is 6.08 Å². The largest absolute Gasteiger partial charge is 0.492 e. The molecule has 1 aromatic carbocycles. The highest BCUT2D eigenvalue weighted by Crippen LogP contribution is 2.25. The van der Waals surface area contributed by atoms with E-state index in [2.05, 4.69) is 5.92 Å². The fourth-order valence-electron chi connectivity index (χ4n) is 1.69. The minimum Gasteiger partial charge on any atom is -0.492 e. The molecule has 1 aromatic rings. The Kier molecular flexibility index (Phi) is 5.01. The van der Waals surface area contributed by atoms with E-state index in [0.29, 0.717) is 13.0 Å². The quantitative estimate of drug-likeness (QED) is 0.492. The van der Waals surface area contributed by atoms with Crippen molar-refractivity contribution in [2.75, 3.05) is 6.61 Å². The van der Waals surface area contributed by atoms with Gasteiger partial charge in [-0.1, -0.05) is 0 Å². The monoisotopic (exact) mass is 244 g/mol. The Morgan fingerprint density at radius 3 is 2.56 bits per heavy atom. The SMILES string of the molecule is C#CCCOc1c(C)cc(/C=C/C(=O)O)cc1C. The highest BCUT2D eigenvalue weighted by Gasteiger charge is 2.05. The van der Waals surface area contributed by atoms with Gasteiger partial charge < -0.3 is 9.84 Å². The lowest BCUT2D eigenvalue weighted by molar-refractivity contribution is -0.131. The van der Waals surface area contributed by atoms with Crippen LogP contribution in [-0.2, 0) is 4.79 Å². The first kappa shape index (κ1) is 13.9. The Balaban J connectivity index is 2.91. The van der Waals surface area contributed by atoms with Crippen LogP contribution in [0.3, 0.4) is 0 Å². The molecule has 0 heterocycles. The summed E-state index contributed by atoms with van der Waals surface area (Å²) in [5.41, 5.74) is 2.78. The first-order valence-electron chi connectivity index (χ1n) is 5.63. The second-order valence-corrected chi connectivity index (χ2v) is 3.96. The van der Waals surface area contributed by atoms with Gasteiger partial charge in [0.1, 0.15) is 5.75 Å². The van der Waals surface area contributed by atoms with E-state index in [1.165, 1.54) is 0 Å². The fourth-order valence-corrected chi connectivity index (χ4v) is 1.69. The topological polar surface area (TPSA) is 46.5 Å². The zero-order valence-corrected chi connectivity index (χ0v) is 10.6. The van der Waals surface area contributed by atoms with Crippen LogP contribution in [0.4, 0.5) is 0 Å². The first-order valence-corrected chi connectivity index (χ1v) is 5.63. The van der Waals surface area contributed by atoms with Gasteiger partial charge in [0.2, 0.25) is 0 Å². The number of terminal acetylenes is 1. The molecule has 1 rings (SSSR count). The Bertz CT molecular complexity index is 484. The van der Waals surface area contributed by atoms with Crippen molar-refractivity contribution in [3.8, 4) is 18.1 Å². The van der Waals surface area contributed by atoms with Crippen molar-refractivity contribution < 1.29 is 14.6 Å². The molecule has 0 aliphatic heterocycles. The smallest absolute Gasteiger partial charge is 0.328 e. The molecular formula is C15H16O3. The number of ether oxygens (including phenoxy) is 1. The Hall–Kier alpha value is -2.21. The summed E-state index contributed by atoms with van der Waals surface area (Å²) in [5.74, 6) is 2.38. The summed E-state index contributed by atoms with van der Waals surface area (Å²) >= 11 is 0. The van der Waals surface area contributed by atoms with Crippen LogP contribution in [0.5, 0.6) is 5.75 Å². The molecule has 0 aromatic heterocycles. The van der Waals surface area contributed by atoms with Crippen LogP contribution < -0.4 is 4.74 Å².